The van der Waals surface area contributed by atoms with Crippen molar-refractivity contribution in [3.05, 3.63) is 45.7 Å². The maximum atomic E-state index is 12.2. The second-order valence-corrected chi connectivity index (χ2v) is 6.93. The number of nitrogens with one attached hydrogen (secondary N) is 3. The monoisotopic (exact) mass is 327 g/mol. The maximum Gasteiger partial charge on any atom is 0.315 e. The van der Waals surface area contributed by atoms with Crippen molar-refractivity contribution in [2.24, 2.45) is 0 Å². The van der Waals surface area contributed by atoms with Gasteiger partial charge in [-0.25, -0.2) is 4.79 Å². The van der Waals surface area contributed by atoms with Gasteiger partial charge in [-0.15, -0.1) is 0 Å². The van der Waals surface area contributed by atoms with Crippen LogP contribution in [-0.2, 0) is 6.54 Å². The molecule has 2 amide bonds. The van der Waals surface area contributed by atoms with Crippen LogP contribution in [-0.4, -0.2) is 17.1 Å². The fourth-order valence-corrected chi connectivity index (χ4v) is 3.24. The van der Waals surface area contributed by atoms with Crippen molar-refractivity contribution >= 4 is 16.9 Å². The molecule has 3 N–H and O–H groups in total. The van der Waals surface area contributed by atoms with Crippen LogP contribution >= 0.6 is 0 Å². The van der Waals surface area contributed by atoms with Crippen LogP contribution in [0.4, 0.5) is 4.79 Å². The molecule has 0 bridgehead atoms. The summed E-state index contributed by atoms with van der Waals surface area (Å²) in [4.78, 5) is 27.0. The first-order chi connectivity index (χ1) is 11.5. The molecule has 1 aromatic heterocycles. The van der Waals surface area contributed by atoms with Crippen LogP contribution in [0.2, 0.25) is 0 Å². The fraction of sp³-hybridized carbons (Fsp3) is 0.474. The molecule has 24 heavy (non-hydrogen) atoms. The molecule has 5 heteroatoms. The number of urea groups is 1. The summed E-state index contributed by atoms with van der Waals surface area (Å²) in [6.45, 7) is 4.51. The van der Waals surface area contributed by atoms with E-state index in [1.807, 2.05) is 18.2 Å². The highest BCUT2D eigenvalue weighted by molar-refractivity contribution is 5.80. The van der Waals surface area contributed by atoms with Crippen LogP contribution in [0.25, 0.3) is 10.9 Å². The van der Waals surface area contributed by atoms with Crippen LogP contribution in [0.3, 0.4) is 0 Å². The zero-order valence-corrected chi connectivity index (χ0v) is 14.3. The number of amides is 2. The Bertz CT molecular complexity index is 789. The Balaban J connectivity index is 1.72. The summed E-state index contributed by atoms with van der Waals surface area (Å²) >= 11 is 0. The van der Waals surface area contributed by atoms with Crippen LogP contribution < -0.4 is 16.2 Å². The van der Waals surface area contributed by atoms with Gasteiger partial charge in [0.25, 0.3) is 5.56 Å². The second kappa shape index (κ2) is 7.07. The van der Waals surface area contributed by atoms with E-state index in [2.05, 4.69) is 35.5 Å². The van der Waals surface area contributed by atoms with Gasteiger partial charge in [0.2, 0.25) is 0 Å². The van der Waals surface area contributed by atoms with Gasteiger partial charge in [0.15, 0.2) is 0 Å². The highest BCUT2D eigenvalue weighted by Gasteiger charge is 2.17. The zero-order chi connectivity index (χ0) is 17.1. The average Bonchev–Trinajstić information content (AvgIpc) is 3.05. The van der Waals surface area contributed by atoms with E-state index in [-0.39, 0.29) is 24.2 Å². The Morgan fingerprint density at radius 2 is 2.00 bits per heavy atom. The van der Waals surface area contributed by atoms with E-state index in [4.69, 9.17) is 0 Å². The predicted octanol–water partition coefficient (Wildman–Crippen LogP) is 3.39. The molecule has 1 saturated carbocycles. The smallest absolute Gasteiger partial charge is 0.315 e. The van der Waals surface area contributed by atoms with Crippen LogP contribution in [0.1, 0.15) is 56.6 Å². The van der Waals surface area contributed by atoms with Gasteiger partial charge in [-0.1, -0.05) is 32.8 Å². The third kappa shape index (κ3) is 3.78. The topological polar surface area (TPSA) is 74.0 Å². The number of rotatable bonds is 4. The van der Waals surface area contributed by atoms with Crippen molar-refractivity contribution < 1.29 is 4.79 Å². The van der Waals surface area contributed by atoms with Crippen molar-refractivity contribution in [1.29, 1.82) is 0 Å². The van der Waals surface area contributed by atoms with E-state index in [1.165, 1.54) is 18.4 Å². The molecule has 1 aliphatic carbocycles. The number of fused-ring (bicyclic) bond motifs is 1. The van der Waals surface area contributed by atoms with Crippen molar-refractivity contribution in [3.63, 3.8) is 0 Å². The molecule has 0 radical (unpaired) electrons. The number of carbonyl (C=O) groups excluding carboxylic acids is 1. The number of hydrogen-bond acceptors (Lipinski definition) is 2. The van der Waals surface area contributed by atoms with E-state index in [0.29, 0.717) is 11.5 Å². The van der Waals surface area contributed by atoms with Gasteiger partial charge in [-0.3, -0.25) is 4.79 Å². The molecule has 3 rings (SSSR count). The van der Waals surface area contributed by atoms with Gasteiger partial charge in [-0.2, -0.15) is 0 Å². The molecular formula is C19H25N3O2. The Morgan fingerprint density at radius 3 is 2.71 bits per heavy atom. The van der Waals surface area contributed by atoms with Gasteiger partial charge in [0.05, 0.1) is 0 Å². The lowest BCUT2D eigenvalue weighted by Crippen LogP contribution is -2.41. The fourth-order valence-electron chi connectivity index (χ4n) is 3.24. The lowest BCUT2D eigenvalue weighted by Gasteiger charge is -2.13. The van der Waals surface area contributed by atoms with E-state index in [1.54, 1.807) is 0 Å². The number of benzene rings is 1. The first-order valence-corrected chi connectivity index (χ1v) is 8.73. The Morgan fingerprint density at radius 1 is 1.25 bits per heavy atom. The van der Waals surface area contributed by atoms with E-state index in [0.717, 1.165) is 23.7 Å². The van der Waals surface area contributed by atoms with Gasteiger partial charge in [0.1, 0.15) is 0 Å². The molecule has 1 fully saturated rings. The van der Waals surface area contributed by atoms with Crippen LogP contribution in [0.15, 0.2) is 29.1 Å². The van der Waals surface area contributed by atoms with Gasteiger partial charge in [0, 0.05) is 23.7 Å². The minimum Gasteiger partial charge on any atom is -0.335 e. The first-order valence-electron chi connectivity index (χ1n) is 8.73. The molecule has 128 valence electrons. The third-order valence-corrected chi connectivity index (χ3v) is 4.74. The number of aromatic nitrogens is 1. The summed E-state index contributed by atoms with van der Waals surface area (Å²) in [7, 11) is 0. The molecular weight excluding hydrogens is 302 g/mol. The first kappa shape index (κ1) is 16.6. The largest absolute Gasteiger partial charge is 0.335 e. The number of carbonyl (C=O) groups is 1. The van der Waals surface area contributed by atoms with Gasteiger partial charge < -0.3 is 15.6 Å². The lowest BCUT2D eigenvalue weighted by molar-refractivity contribution is 0.236. The van der Waals surface area contributed by atoms with Crippen molar-refractivity contribution in [2.75, 3.05) is 0 Å². The molecule has 1 aliphatic rings. The minimum atomic E-state index is -0.197. The Kier molecular flexibility index (Phi) is 4.88. The van der Waals surface area contributed by atoms with Crippen LogP contribution in [0, 0.1) is 0 Å². The van der Waals surface area contributed by atoms with Crippen molar-refractivity contribution in [2.45, 2.75) is 58.0 Å². The molecule has 5 nitrogen and oxygen atoms in total. The second-order valence-electron chi connectivity index (χ2n) is 6.93. The molecule has 2 aromatic rings. The molecule has 1 aromatic carbocycles. The SMILES string of the molecule is CC(C)c1ccc2[nH]c(=O)c(CNC(=O)NC3CCCC3)cc2c1. The molecule has 1 heterocycles. The molecule has 0 aliphatic heterocycles. The average molecular weight is 327 g/mol. The highest BCUT2D eigenvalue weighted by Crippen LogP contribution is 2.20. The van der Waals surface area contributed by atoms with E-state index < -0.39 is 0 Å². The summed E-state index contributed by atoms with van der Waals surface area (Å²) in [5, 5.41) is 6.76. The lowest BCUT2D eigenvalue weighted by atomic mass is 10.0. The molecule has 0 spiro atoms. The maximum absolute atomic E-state index is 12.2. The number of hydrogen-bond donors (Lipinski definition) is 3. The quantitative estimate of drug-likeness (QED) is 0.805. The number of H-pyrrole nitrogens is 1. The number of pyridine rings is 1. The predicted molar refractivity (Wildman–Crippen MR) is 96.3 cm³/mol. The van der Waals surface area contributed by atoms with Crippen molar-refractivity contribution in [1.82, 2.24) is 15.6 Å². The summed E-state index contributed by atoms with van der Waals surface area (Å²) < 4.78 is 0. The van der Waals surface area contributed by atoms with Gasteiger partial charge >= 0.3 is 6.03 Å². The third-order valence-electron chi connectivity index (χ3n) is 4.74. The summed E-state index contributed by atoms with van der Waals surface area (Å²) in [6, 6.07) is 8.02. The normalized spacial score (nSPS) is 15.1. The van der Waals surface area contributed by atoms with Gasteiger partial charge in [-0.05, 0) is 47.9 Å². The molecule has 0 atom stereocenters. The molecule has 0 saturated heterocycles. The van der Waals surface area contributed by atoms with E-state index in [9.17, 15) is 9.59 Å². The number of aromatic amines is 1. The minimum absolute atomic E-state index is 0.152. The van der Waals surface area contributed by atoms with E-state index >= 15 is 0 Å². The standard InChI is InChI=1S/C19H25N3O2/c1-12(2)13-7-8-17-14(9-13)10-15(18(23)22-17)11-20-19(24)21-16-5-3-4-6-16/h7-10,12,16H,3-6,11H2,1-2H3,(H,22,23)(H2,20,21,24). The Labute approximate surface area is 141 Å². The summed E-state index contributed by atoms with van der Waals surface area (Å²) in [5.74, 6) is 0.431. The van der Waals surface area contributed by atoms with Crippen LogP contribution in [0.5, 0.6) is 0 Å². The Hall–Kier alpha value is -2.30. The zero-order valence-electron chi connectivity index (χ0n) is 14.3. The molecule has 0 unspecified atom stereocenters. The highest BCUT2D eigenvalue weighted by atomic mass is 16.2. The summed E-state index contributed by atoms with van der Waals surface area (Å²) in [5.41, 5.74) is 2.47. The van der Waals surface area contributed by atoms with Crippen molar-refractivity contribution in [3.8, 4) is 0 Å². The summed E-state index contributed by atoms with van der Waals surface area (Å²) in [6.07, 6.45) is 4.44.